The normalized spacial score (nSPS) is 16.4. The number of amides is 1. The zero-order chi connectivity index (χ0) is 22.1. The molecule has 1 aliphatic rings. The van der Waals surface area contributed by atoms with E-state index in [-0.39, 0.29) is 17.9 Å². The van der Waals surface area contributed by atoms with E-state index in [2.05, 4.69) is 36.6 Å². The molecule has 0 aliphatic heterocycles. The maximum Gasteiger partial charge on any atom is 0.227 e. The van der Waals surface area contributed by atoms with Gasteiger partial charge in [-0.25, -0.2) is 0 Å². The lowest BCUT2D eigenvalue weighted by atomic mass is 9.99. The van der Waals surface area contributed by atoms with Crippen LogP contribution in [-0.4, -0.2) is 25.6 Å². The van der Waals surface area contributed by atoms with Crippen molar-refractivity contribution in [2.45, 2.75) is 58.4 Å². The number of carbonyl (C=O) groups is 1. The Labute approximate surface area is 187 Å². The summed E-state index contributed by atoms with van der Waals surface area (Å²) in [4.78, 5) is 13.0. The van der Waals surface area contributed by atoms with Crippen molar-refractivity contribution in [3.8, 4) is 5.75 Å². The van der Waals surface area contributed by atoms with Gasteiger partial charge in [0.25, 0.3) is 0 Å². The molecule has 1 aliphatic carbocycles. The van der Waals surface area contributed by atoms with Crippen molar-refractivity contribution in [1.82, 2.24) is 10.6 Å². The number of carbonyl (C=O) groups excluding carboxylic acids is 1. The van der Waals surface area contributed by atoms with E-state index in [0.29, 0.717) is 5.92 Å². The van der Waals surface area contributed by atoms with Gasteiger partial charge >= 0.3 is 0 Å². The van der Waals surface area contributed by atoms with Crippen molar-refractivity contribution in [3.05, 3.63) is 65.7 Å². The highest BCUT2D eigenvalue weighted by Gasteiger charge is 2.23. The SMILES string of the molecule is CCCC(C)COc1ccc([C@H](CNCC2CC2)NC(=O)C(C)c2ccccc2)cc1. The molecule has 2 unspecified atom stereocenters. The van der Waals surface area contributed by atoms with E-state index in [1.807, 2.05) is 49.4 Å². The van der Waals surface area contributed by atoms with E-state index in [9.17, 15) is 4.79 Å². The Kier molecular flexibility index (Phi) is 8.96. The van der Waals surface area contributed by atoms with Crippen LogP contribution in [0.15, 0.2) is 54.6 Å². The van der Waals surface area contributed by atoms with Gasteiger partial charge in [0.05, 0.1) is 18.6 Å². The lowest BCUT2D eigenvalue weighted by molar-refractivity contribution is -0.123. The second-order valence-corrected chi connectivity index (χ2v) is 9.07. The van der Waals surface area contributed by atoms with Crippen LogP contribution in [0.3, 0.4) is 0 Å². The topological polar surface area (TPSA) is 50.4 Å². The maximum absolute atomic E-state index is 13.0. The summed E-state index contributed by atoms with van der Waals surface area (Å²) >= 11 is 0. The quantitative estimate of drug-likeness (QED) is 0.450. The second-order valence-electron chi connectivity index (χ2n) is 9.07. The fourth-order valence-corrected chi connectivity index (χ4v) is 3.81. The Morgan fingerprint density at radius 1 is 1.03 bits per heavy atom. The van der Waals surface area contributed by atoms with Crippen LogP contribution in [0.25, 0.3) is 0 Å². The fourth-order valence-electron chi connectivity index (χ4n) is 3.81. The zero-order valence-electron chi connectivity index (χ0n) is 19.3. The van der Waals surface area contributed by atoms with Crippen LogP contribution >= 0.6 is 0 Å². The minimum absolute atomic E-state index is 0.0538. The van der Waals surface area contributed by atoms with Crippen molar-refractivity contribution in [2.24, 2.45) is 11.8 Å². The monoisotopic (exact) mass is 422 g/mol. The predicted molar refractivity (Wildman–Crippen MR) is 127 cm³/mol. The molecule has 4 nitrogen and oxygen atoms in total. The maximum atomic E-state index is 13.0. The molecule has 0 heterocycles. The zero-order valence-corrected chi connectivity index (χ0v) is 19.3. The van der Waals surface area contributed by atoms with Crippen LogP contribution in [0.5, 0.6) is 5.75 Å². The van der Waals surface area contributed by atoms with Crippen molar-refractivity contribution in [2.75, 3.05) is 19.7 Å². The first kappa shape index (κ1) is 23.3. The molecule has 0 radical (unpaired) electrons. The Morgan fingerprint density at radius 2 is 1.74 bits per heavy atom. The average molecular weight is 423 g/mol. The van der Waals surface area contributed by atoms with Gasteiger partial charge in [-0.15, -0.1) is 0 Å². The number of hydrogen-bond acceptors (Lipinski definition) is 3. The molecule has 0 spiro atoms. The van der Waals surface area contributed by atoms with Gasteiger partial charge in [0, 0.05) is 6.54 Å². The standard InChI is InChI=1S/C27H38N2O2/c1-4-8-20(2)19-31-25-15-13-24(14-16-25)26(18-28-17-22-11-12-22)29-27(30)21(3)23-9-6-5-7-10-23/h5-7,9-10,13-16,20-22,26,28H,4,8,11-12,17-19H2,1-3H3,(H,29,30)/t20?,21?,26-/m0/s1. The van der Waals surface area contributed by atoms with Crippen LogP contribution in [0.1, 0.15) is 69.5 Å². The summed E-state index contributed by atoms with van der Waals surface area (Å²) in [5.41, 5.74) is 2.14. The van der Waals surface area contributed by atoms with Gasteiger partial charge in [0.15, 0.2) is 0 Å². The van der Waals surface area contributed by atoms with E-state index in [1.54, 1.807) is 0 Å². The number of benzene rings is 2. The fraction of sp³-hybridized carbons (Fsp3) is 0.519. The minimum atomic E-state index is -0.185. The lowest BCUT2D eigenvalue weighted by Crippen LogP contribution is -2.38. The summed E-state index contributed by atoms with van der Waals surface area (Å²) in [5, 5.41) is 6.82. The molecular formula is C27H38N2O2. The third-order valence-electron chi connectivity index (χ3n) is 6.09. The van der Waals surface area contributed by atoms with Gasteiger partial charge in [-0.1, -0.05) is 62.7 Å². The van der Waals surface area contributed by atoms with Gasteiger partial charge in [0.2, 0.25) is 5.91 Å². The second kappa shape index (κ2) is 11.9. The third-order valence-corrected chi connectivity index (χ3v) is 6.09. The third kappa shape index (κ3) is 7.70. The highest BCUT2D eigenvalue weighted by atomic mass is 16.5. The molecular weight excluding hydrogens is 384 g/mol. The van der Waals surface area contributed by atoms with Crippen LogP contribution in [0.2, 0.25) is 0 Å². The largest absolute Gasteiger partial charge is 0.493 e. The molecule has 2 N–H and O–H groups in total. The van der Waals surface area contributed by atoms with Crippen LogP contribution in [0, 0.1) is 11.8 Å². The average Bonchev–Trinajstić information content (AvgIpc) is 3.62. The molecule has 2 aromatic rings. The molecule has 0 saturated heterocycles. The van der Waals surface area contributed by atoms with Crippen LogP contribution in [0.4, 0.5) is 0 Å². The van der Waals surface area contributed by atoms with E-state index in [1.165, 1.54) is 25.7 Å². The van der Waals surface area contributed by atoms with Gasteiger partial charge in [-0.2, -0.15) is 0 Å². The summed E-state index contributed by atoms with van der Waals surface area (Å²) in [5.74, 6) is 2.12. The van der Waals surface area contributed by atoms with E-state index in [4.69, 9.17) is 4.74 Å². The molecule has 31 heavy (non-hydrogen) atoms. The Bertz CT molecular complexity index is 787. The smallest absolute Gasteiger partial charge is 0.227 e. The first-order chi connectivity index (χ1) is 15.1. The Morgan fingerprint density at radius 3 is 2.39 bits per heavy atom. The van der Waals surface area contributed by atoms with Gasteiger partial charge in [0.1, 0.15) is 5.75 Å². The van der Waals surface area contributed by atoms with Gasteiger partial charge in [-0.05, 0) is 67.8 Å². The van der Waals surface area contributed by atoms with E-state index >= 15 is 0 Å². The number of rotatable bonds is 13. The van der Waals surface area contributed by atoms with Crippen molar-refractivity contribution < 1.29 is 9.53 Å². The lowest BCUT2D eigenvalue weighted by Gasteiger charge is -2.23. The summed E-state index contributed by atoms with van der Waals surface area (Å²) < 4.78 is 5.95. The molecule has 2 aromatic carbocycles. The number of ether oxygens (including phenoxy) is 1. The van der Waals surface area contributed by atoms with Crippen molar-refractivity contribution >= 4 is 5.91 Å². The first-order valence-electron chi connectivity index (χ1n) is 11.9. The summed E-state index contributed by atoms with van der Waals surface area (Å²) in [6.45, 7) is 8.89. The predicted octanol–water partition coefficient (Wildman–Crippen LogP) is 5.46. The highest BCUT2D eigenvalue weighted by molar-refractivity contribution is 5.83. The Hall–Kier alpha value is -2.33. The summed E-state index contributed by atoms with van der Waals surface area (Å²) in [6.07, 6.45) is 4.99. The van der Waals surface area contributed by atoms with E-state index in [0.717, 1.165) is 42.5 Å². The minimum Gasteiger partial charge on any atom is -0.493 e. The number of hydrogen-bond donors (Lipinski definition) is 2. The van der Waals surface area contributed by atoms with Crippen molar-refractivity contribution in [1.29, 1.82) is 0 Å². The molecule has 168 valence electrons. The molecule has 0 aromatic heterocycles. The van der Waals surface area contributed by atoms with Gasteiger partial charge < -0.3 is 15.4 Å². The van der Waals surface area contributed by atoms with Crippen LogP contribution < -0.4 is 15.4 Å². The summed E-state index contributed by atoms with van der Waals surface area (Å²) in [6, 6.07) is 18.1. The van der Waals surface area contributed by atoms with Gasteiger partial charge in [-0.3, -0.25) is 4.79 Å². The molecule has 0 bridgehead atoms. The highest BCUT2D eigenvalue weighted by Crippen LogP contribution is 2.28. The molecule has 3 atom stereocenters. The van der Waals surface area contributed by atoms with E-state index < -0.39 is 0 Å². The first-order valence-corrected chi connectivity index (χ1v) is 11.9. The number of nitrogens with one attached hydrogen (secondary N) is 2. The molecule has 4 heteroatoms. The Balaban J connectivity index is 1.62. The van der Waals surface area contributed by atoms with Crippen LogP contribution in [-0.2, 0) is 4.79 Å². The summed E-state index contributed by atoms with van der Waals surface area (Å²) in [7, 11) is 0. The van der Waals surface area contributed by atoms with Crippen molar-refractivity contribution in [3.63, 3.8) is 0 Å². The molecule has 3 rings (SSSR count). The molecule has 1 fully saturated rings. The molecule has 1 saturated carbocycles. The molecule has 1 amide bonds.